The molecule has 1 saturated carbocycles. The molecule has 0 bridgehead atoms. The maximum absolute atomic E-state index is 14.3. The van der Waals surface area contributed by atoms with Crippen LogP contribution in [0.15, 0.2) is 54.7 Å². The Bertz CT molecular complexity index is 1050. The lowest BCUT2D eigenvalue weighted by molar-refractivity contribution is -0.138. The highest BCUT2D eigenvalue weighted by molar-refractivity contribution is 6.39. The van der Waals surface area contributed by atoms with Gasteiger partial charge in [-0.3, -0.25) is 9.78 Å². The number of anilines is 1. The number of hydrogen-bond acceptors (Lipinski definition) is 3. The van der Waals surface area contributed by atoms with Gasteiger partial charge in [0.15, 0.2) is 0 Å². The van der Waals surface area contributed by atoms with E-state index in [9.17, 15) is 9.18 Å². The predicted octanol–water partition coefficient (Wildman–Crippen LogP) is 5.99. The van der Waals surface area contributed by atoms with E-state index in [1.54, 1.807) is 36.5 Å². The summed E-state index contributed by atoms with van der Waals surface area (Å²) in [6.45, 7) is 0.254. The highest BCUT2D eigenvalue weighted by Crippen LogP contribution is 2.46. The third-order valence-corrected chi connectivity index (χ3v) is 5.68. The molecule has 0 spiro atoms. The van der Waals surface area contributed by atoms with Crippen LogP contribution in [0.2, 0.25) is 10.0 Å². The van der Waals surface area contributed by atoms with E-state index in [1.807, 2.05) is 12.1 Å². The summed E-state index contributed by atoms with van der Waals surface area (Å²) in [5, 5.41) is 13.2. The molecule has 0 saturated heterocycles. The first-order chi connectivity index (χ1) is 13.9. The second-order valence-electron chi connectivity index (χ2n) is 7.02. The van der Waals surface area contributed by atoms with Crippen LogP contribution >= 0.6 is 23.2 Å². The van der Waals surface area contributed by atoms with Gasteiger partial charge in [-0.25, -0.2) is 4.39 Å². The molecule has 1 heterocycles. The van der Waals surface area contributed by atoms with Crippen molar-refractivity contribution in [3.63, 3.8) is 0 Å². The molecule has 1 aliphatic carbocycles. The molecule has 0 radical (unpaired) electrons. The summed E-state index contributed by atoms with van der Waals surface area (Å²) < 4.78 is 14.3. The number of carboxylic acid groups (broad SMARTS) is 1. The van der Waals surface area contributed by atoms with E-state index in [4.69, 9.17) is 28.3 Å². The molecule has 4 nitrogen and oxygen atoms in total. The molecule has 3 aromatic rings. The Hall–Kier alpha value is -2.63. The van der Waals surface area contributed by atoms with Crippen LogP contribution < -0.4 is 5.32 Å². The molecule has 1 fully saturated rings. The minimum absolute atomic E-state index is 0.0176. The third kappa shape index (κ3) is 4.21. The largest absolute Gasteiger partial charge is 0.481 e. The number of rotatable bonds is 6. The van der Waals surface area contributed by atoms with Crippen molar-refractivity contribution in [2.75, 3.05) is 5.32 Å². The summed E-state index contributed by atoms with van der Waals surface area (Å²) in [7, 11) is 0. The van der Waals surface area contributed by atoms with E-state index in [0.29, 0.717) is 27.6 Å². The number of hydrogen-bond donors (Lipinski definition) is 2. The molecule has 29 heavy (non-hydrogen) atoms. The Morgan fingerprint density at radius 2 is 1.93 bits per heavy atom. The molecule has 2 atom stereocenters. The van der Waals surface area contributed by atoms with Gasteiger partial charge in [0, 0.05) is 39.3 Å². The molecule has 2 aromatic carbocycles. The highest BCUT2D eigenvalue weighted by atomic mass is 35.5. The Kier molecular flexibility index (Phi) is 5.43. The fourth-order valence-electron chi connectivity index (χ4n) is 3.36. The molecule has 4 rings (SSSR count). The second kappa shape index (κ2) is 8.01. The van der Waals surface area contributed by atoms with Crippen LogP contribution in [0.1, 0.15) is 23.6 Å². The number of aromatic nitrogens is 1. The van der Waals surface area contributed by atoms with Crippen LogP contribution in [0.25, 0.3) is 11.1 Å². The first-order valence-corrected chi connectivity index (χ1v) is 9.85. The van der Waals surface area contributed by atoms with E-state index in [-0.39, 0.29) is 24.2 Å². The first-order valence-electron chi connectivity index (χ1n) is 9.09. The van der Waals surface area contributed by atoms with Crippen LogP contribution in [-0.2, 0) is 11.3 Å². The molecule has 1 aromatic heterocycles. The van der Waals surface area contributed by atoms with Gasteiger partial charge < -0.3 is 10.4 Å². The van der Waals surface area contributed by atoms with Crippen molar-refractivity contribution in [1.29, 1.82) is 0 Å². The minimum Gasteiger partial charge on any atom is -0.481 e. The minimum atomic E-state index is -0.784. The van der Waals surface area contributed by atoms with Crippen LogP contribution in [0, 0.1) is 11.7 Å². The van der Waals surface area contributed by atoms with Crippen LogP contribution in [0.4, 0.5) is 10.1 Å². The monoisotopic (exact) mass is 430 g/mol. The zero-order valence-corrected chi connectivity index (χ0v) is 16.7. The van der Waals surface area contributed by atoms with Gasteiger partial charge in [0.25, 0.3) is 0 Å². The van der Waals surface area contributed by atoms with Gasteiger partial charge in [-0.05, 0) is 48.4 Å². The number of nitrogens with one attached hydrogen (secondary N) is 1. The number of aliphatic carboxylic acids is 1. The summed E-state index contributed by atoms with van der Waals surface area (Å²) in [4.78, 5) is 15.3. The number of carboxylic acids is 1. The van der Waals surface area contributed by atoms with Crippen molar-refractivity contribution in [2.45, 2.75) is 18.9 Å². The molecule has 0 aliphatic heterocycles. The summed E-state index contributed by atoms with van der Waals surface area (Å²) in [5.41, 5.74) is 3.36. The van der Waals surface area contributed by atoms with Gasteiger partial charge in [0.2, 0.25) is 0 Å². The lowest BCUT2D eigenvalue weighted by Gasteiger charge is -2.12. The SMILES string of the molecule is O=C(O)[C@H]1C[C@@H]1c1ccc(NCc2cc(-c3c(Cl)cccc3Cl)ccc2F)cn1. The van der Waals surface area contributed by atoms with Crippen molar-refractivity contribution in [3.8, 4) is 11.1 Å². The summed E-state index contributed by atoms with van der Waals surface area (Å²) in [6, 6.07) is 13.6. The van der Waals surface area contributed by atoms with Crippen molar-refractivity contribution in [3.05, 3.63) is 81.8 Å². The molecule has 7 heteroatoms. The Morgan fingerprint density at radius 1 is 1.17 bits per heavy atom. The Labute approximate surface area is 177 Å². The van der Waals surface area contributed by atoms with Crippen molar-refractivity contribution >= 4 is 34.9 Å². The lowest BCUT2D eigenvalue weighted by Crippen LogP contribution is -2.04. The van der Waals surface area contributed by atoms with E-state index in [0.717, 1.165) is 16.9 Å². The molecule has 1 aliphatic rings. The zero-order chi connectivity index (χ0) is 20.5. The van der Waals surface area contributed by atoms with Crippen LogP contribution in [-0.4, -0.2) is 16.1 Å². The Balaban J connectivity index is 1.48. The fraction of sp³-hybridized carbons (Fsp3) is 0.182. The third-order valence-electron chi connectivity index (χ3n) is 5.05. The average Bonchev–Trinajstić information content (AvgIpc) is 3.50. The first kappa shape index (κ1) is 19.7. The van der Waals surface area contributed by atoms with Gasteiger partial charge in [-0.15, -0.1) is 0 Å². The smallest absolute Gasteiger partial charge is 0.307 e. The average molecular weight is 431 g/mol. The summed E-state index contributed by atoms with van der Waals surface area (Å²) in [5.74, 6) is -1.48. The van der Waals surface area contributed by atoms with Crippen molar-refractivity contribution < 1.29 is 14.3 Å². The second-order valence-corrected chi connectivity index (χ2v) is 7.83. The van der Waals surface area contributed by atoms with Crippen molar-refractivity contribution in [1.82, 2.24) is 4.98 Å². The van der Waals surface area contributed by atoms with Crippen molar-refractivity contribution in [2.24, 2.45) is 5.92 Å². The molecule has 0 amide bonds. The number of benzene rings is 2. The quantitative estimate of drug-likeness (QED) is 0.503. The van der Waals surface area contributed by atoms with Gasteiger partial charge in [-0.2, -0.15) is 0 Å². The summed E-state index contributed by atoms with van der Waals surface area (Å²) >= 11 is 12.5. The zero-order valence-electron chi connectivity index (χ0n) is 15.2. The van der Waals surface area contributed by atoms with Gasteiger partial charge in [-0.1, -0.05) is 35.3 Å². The van der Waals surface area contributed by atoms with Crippen LogP contribution in [0.3, 0.4) is 0 Å². The predicted molar refractivity (Wildman–Crippen MR) is 112 cm³/mol. The molecule has 0 unspecified atom stereocenters. The van der Waals surface area contributed by atoms with Gasteiger partial charge in [0.1, 0.15) is 5.82 Å². The number of carbonyl (C=O) groups is 1. The van der Waals surface area contributed by atoms with E-state index >= 15 is 0 Å². The number of pyridine rings is 1. The molecule has 2 N–H and O–H groups in total. The number of nitrogens with zero attached hydrogens (tertiary/aromatic N) is 1. The normalized spacial score (nSPS) is 17.8. The van der Waals surface area contributed by atoms with E-state index < -0.39 is 5.97 Å². The number of halogens is 3. The standard InChI is InChI=1S/C22H17Cl2FN2O2/c23-17-2-1-3-18(24)21(17)12-4-6-19(25)13(8-12)10-26-14-5-7-20(27-11-14)15-9-16(15)22(28)29/h1-8,11,15-16,26H,9-10H2,(H,28,29)/t15-,16-/m0/s1. The topological polar surface area (TPSA) is 62.2 Å². The highest BCUT2D eigenvalue weighted by Gasteiger charge is 2.45. The van der Waals surface area contributed by atoms with Gasteiger partial charge >= 0.3 is 5.97 Å². The summed E-state index contributed by atoms with van der Waals surface area (Å²) in [6.07, 6.45) is 2.26. The van der Waals surface area contributed by atoms with Crippen LogP contribution in [0.5, 0.6) is 0 Å². The maximum Gasteiger partial charge on any atom is 0.307 e. The molecular formula is C22H17Cl2FN2O2. The Morgan fingerprint density at radius 3 is 2.55 bits per heavy atom. The molecular weight excluding hydrogens is 414 g/mol. The van der Waals surface area contributed by atoms with E-state index in [1.165, 1.54) is 6.07 Å². The van der Waals surface area contributed by atoms with Gasteiger partial charge in [0.05, 0.1) is 17.8 Å². The molecule has 148 valence electrons. The maximum atomic E-state index is 14.3. The van der Waals surface area contributed by atoms with E-state index in [2.05, 4.69) is 10.3 Å². The lowest BCUT2D eigenvalue weighted by atomic mass is 10.0. The fourth-order valence-corrected chi connectivity index (χ4v) is 3.98.